The molecule has 120 valence electrons. The van der Waals surface area contributed by atoms with Gasteiger partial charge in [0, 0.05) is 17.7 Å². The lowest BCUT2D eigenvalue weighted by Crippen LogP contribution is -2.22. The number of nitrogens with zero attached hydrogens (tertiary/aromatic N) is 3. The first kappa shape index (κ1) is 16.5. The topological polar surface area (TPSA) is 107 Å². The molecule has 0 radical (unpaired) electrons. The maximum absolute atomic E-state index is 12.9. The highest BCUT2D eigenvalue weighted by molar-refractivity contribution is 7.80. The third kappa shape index (κ3) is 4.10. The highest BCUT2D eigenvalue weighted by Crippen LogP contribution is 2.31. The molecule has 2 rings (SSSR count). The van der Waals surface area contributed by atoms with Crippen LogP contribution >= 0.6 is 12.2 Å². The van der Waals surface area contributed by atoms with Crippen molar-refractivity contribution in [3.05, 3.63) is 46.1 Å². The van der Waals surface area contributed by atoms with Gasteiger partial charge in [-0.1, -0.05) is 12.1 Å². The monoisotopic (exact) mass is 343 g/mol. The van der Waals surface area contributed by atoms with E-state index in [-0.39, 0.29) is 22.1 Å². The van der Waals surface area contributed by atoms with E-state index >= 15 is 0 Å². The molecule has 2 aromatic rings. The Bertz CT molecular complexity index is 782. The Kier molecular flexibility index (Phi) is 4.40. The molecule has 0 fully saturated rings. The fourth-order valence-corrected chi connectivity index (χ4v) is 1.78. The molecule has 0 saturated carbocycles. The Morgan fingerprint density at radius 3 is 2.57 bits per heavy atom. The zero-order chi connectivity index (χ0) is 17.2. The zero-order valence-electron chi connectivity index (χ0n) is 11.2. The second-order valence-electron chi connectivity index (χ2n) is 4.26. The Labute approximate surface area is 132 Å². The summed E-state index contributed by atoms with van der Waals surface area (Å²) in [7, 11) is 0. The minimum atomic E-state index is -4.73. The second kappa shape index (κ2) is 6.12. The molecule has 3 N–H and O–H groups in total. The fraction of sp³-hybridized carbons (Fsp3) is 0.0833. The molecule has 0 spiro atoms. The third-order valence-corrected chi connectivity index (χ3v) is 2.71. The standard InChI is InChI=1S/C12H8F3N5O2S/c13-12(14,15)9-5-8(17-11(18-9)19-10(16)23)6-2-1-3-7(4-6)20(21)22/h1-5H,(H3,16,17,18,19,23). The number of aromatic nitrogens is 2. The van der Waals surface area contributed by atoms with Gasteiger partial charge < -0.3 is 11.1 Å². The first-order chi connectivity index (χ1) is 10.7. The van der Waals surface area contributed by atoms with E-state index in [1.807, 2.05) is 0 Å². The van der Waals surface area contributed by atoms with E-state index in [0.29, 0.717) is 6.07 Å². The van der Waals surface area contributed by atoms with Crippen LogP contribution in [-0.4, -0.2) is 20.0 Å². The summed E-state index contributed by atoms with van der Waals surface area (Å²) in [6.07, 6.45) is -4.73. The van der Waals surface area contributed by atoms with Crippen molar-refractivity contribution < 1.29 is 18.1 Å². The van der Waals surface area contributed by atoms with Gasteiger partial charge in [0.2, 0.25) is 5.95 Å². The highest BCUT2D eigenvalue weighted by Gasteiger charge is 2.34. The summed E-state index contributed by atoms with van der Waals surface area (Å²) in [5.41, 5.74) is 3.66. The Hall–Kier alpha value is -2.82. The van der Waals surface area contributed by atoms with Crippen LogP contribution in [0.2, 0.25) is 0 Å². The van der Waals surface area contributed by atoms with E-state index in [0.717, 1.165) is 6.07 Å². The number of nitrogens with two attached hydrogens (primary N) is 1. The average molecular weight is 343 g/mol. The second-order valence-corrected chi connectivity index (χ2v) is 4.70. The number of hydrogen-bond acceptors (Lipinski definition) is 5. The van der Waals surface area contributed by atoms with Crippen LogP contribution in [0.1, 0.15) is 5.69 Å². The lowest BCUT2D eigenvalue weighted by atomic mass is 10.1. The van der Waals surface area contributed by atoms with Crippen molar-refractivity contribution in [2.45, 2.75) is 6.18 Å². The van der Waals surface area contributed by atoms with Crippen molar-refractivity contribution >= 4 is 29.0 Å². The molecule has 0 aliphatic heterocycles. The van der Waals surface area contributed by atoms with E-state index in [9.17, 15) is 23.3 Å². The Balaban J connectivity index is 2.59. The van der Waals surface area contributed by atoms with Crippen LogP contribution in [0.25, 0.3) is 11.3 Å². The van der Waals surface area contributed by atoms with Crippen LogP contribution in [0.4, 0.5) is 24.8 Å². The summed E-state index contributed by atoms with van der Waals surface area (Å²) in [5, 5.41) is 12.7. The number of halogens is 3. The highest BCUT2D eigenvalue weighted by atomic mass is 32.1. The molecular formula is C12H8F3N5O2S. The molecule has 0 amide bonds. The quantitative estimate of drug-likeness (QED) is 0.501. The van der Waals surface area contributed by atoms with Crippen LogP contribution in [0.15, 0.2) is 30.3 Å². The third-order valence-electron chi connectivity index (χ3n) is 2.60. The molecular weight excluding hydrogens is 335 g/mol. The number of rotatable bonds is 3. The fourth-order valence-electron chi connectivity index (χ4n) is 1.69. The van der Waals surface area contributed by atoms with E-state index in [1.54, 1.807) is 0 Å². The van der Waals surface area contributed by atoms with Gasteiger partial charge in [-0.05, 0) is 18.3 Å². The summed E-state index contributed by atoms with van der Waals surface area (Å²) in [4.78, 5) is 17.2. The molecule has 11 heteroatoms. The molecule has 7 nitrogen and oxygen atoms in total. The smallest absolute Gasteiger partial charge is 0.376 e. The SMILES string of the molecule is NC(=S)Nc1nc(-c2cccc([N+](=O)[O-])c2)cc(C(F)(F)F)n1. The number of hydrogen-bond donors (Lipinski definition) is 2. The minimum absolute atomic E-state index is 0.123. The number of thiocarbonyl (C=S) groups is 1. The number of benzene rings is 1. The van der Waals surface area contributed by atoms with Crippen molar-refractivity contribution in [1.29, 1.82) is 0 Å². The largest absolute Gasteiger partial charge is 0.433 e. The predicted octanol–water partition coefficient (Wildman–Crippen LogP) is 2.73. The lowest BCUT2D eigenvalue weighted by molar-refractivity contribution is -0.384. The van der Waals surface area contributed by atoms with Gasteiger partial charge in [-0.2, -0.15) is 13.2 Å². The molecule has 1 aromatic carbocycles. The summed E-state index contributed by atoms with van der Waals surface area (Å²) in [6, 6.07) is 5.73. The summed E-state index contributed by atoms with van der Waals surface area (Å²) in [6.45, 7) is 0. The number of non-ortho nitro benzene ring substituents is 1. The van der Waals surface area contributed by atoms with Gasteiger partial charge in [-0.25, -0.2) is 9.97 Å². The number of anilines is 1. The molecule has 0 saturated heterocycles. The van der Waals surface area contributed by atoms with Crippen LogP contribution in [0, 0.1) is 10.1 Å². The average Bonchev–Trinajstić information content (AvgIpc) is 2.45. The molecule has 0 aliphatic carbocycles. The first-order valence-corrected chi connectivity index (χ1v) is 6.35. The van der Waals surface area contributed by atoms with Crippen molar-refractivity contribution in [1.82, 2.24) is 9.97 Å². The molecule has 23 heavy (non-hydrogen) atoms. The van der Waals surface area contributed by atoms with Crippen LogP contribution < -0.4 is 11.1 Å². The van der Waals surface area contributed by atoms with Gasteiger partial charge in [0.15, 0.2) is 10.8 Å². The molecule has 0 bridgehead atoms. The van der Waals surface area contributed by atoms with Gasteiger partial charge >= 0.3 is 6.18 Å². The number of nitrogens with one attached hydrogen (secondary N) is 1. The first-order valence-electron chi connectivity index (χ1n) is 5.94. The zero-order valence-corrected chi connectivity index (χ0v) is 12.0. The summed E-state index contributed by atoms with van der Waals surface area (Å²) < 4.78 is 38.8. The van der Waals surface area contributed by atoms with Gasteiger partial charge in [-0.3, -0.25) is 10.1 Å². The van der Waals surface area contributed by atoms with Crippen molar-refractivity contribution in [3.8, 4) is 11.3 Å². The predicted molar refractivity (Wildman–Crippen MR) is 79.5 cm³/mol. The van der Waals surface area contributed by atoms with Crippen molar-refractivity contribution in [3.63, 3.8) is 0 Å². The maximum Gasteiger partial charge on any atom is 0.433 e. The lowest BCUT2D eigenvalue weighted by Gasteiger charge is -2.11. The molecule has 0 unspecified atom stereocenters. The molecule has 0 atom stereocenters. The number of nitro groups is 1. The van der Waals surface area contributed by atoms with E-state index in [2.05, 4.69) is 27.5 Å². The summed E-state index contributed by atoms with van der Waals surface area (Å²) >= 11 is 4.55. The van der Waals surface area contributed by atoms with Crippen LogP contribution in [0.3, 0.4) is 0 Å². The van der Waals surface area contributed by atoms with Gasteiger partial charge in [-0.15, -0.1) is 0 Å². The Morgan fingerprint density at radius 1 is 1.30 bits per heavy atom. The van der Waals surface area contributed by atoms with Crippen molar-refractivity contribution in [2.75, 3.05) is 5.32 Å². The Morgan fingerprint density at radius 2 is 2.00 bits per heavy atom. The van der Waals surface area contributed by atoms with Gasteiger partial charge in [0.05, 0.1) is 10.6 Å². The summed E-state index contributed by atoms with van der Waals surface area (Å²) in [5.74, 6) is -0.450. The van der Waals surface area contributed by atoms with Gasteiger partial charge in [0.1, 0.15) is 0 Å². The normalized spacial score (nSPS) is 11.1. The van der Waals surface area contributed by atoms with Crippen molar-refractivity contribution in [2.24, 2.45) is 5.73 Å². The van der Waals surface area contributed by atoms with Crippen LogP contribution in [-0.2, 0) is 6.18 Å². The molecule has 1 aromatic heterocycles. The number of nitro benzene ring substituents is 1. The van der Waals surface area contributed by atoms with Gasteiger partial charge in [0.25, 0.3) is 5.69 Å². The van der Waals surface area contributed by atoms with E-state index in [1.165, 1.54) is 18.2 Å². The van der Waals surface area contributed by atoms with E-state index in [4.69, 9.17) is 5.73 Å². The number of alkyl halides is 3. The maximum atomic E-state index is 12.9. The molecule has 0 aliphatic rings. The minimum Gasteiger partial charge on any atom is -0.376 e. The van der Waals surface area contributed by atoms with Crippen LogP contribution in [0.5, 0.6) is 0 Å². The molecule has 1 heterocycles. The van der Waals surface area contributed by atoms with E-state index < -0.39 is 22.7 Å².